The van der Waals surface area contributed by atoms with Crippen molar-refractivity contribution < 1.29 is 14.7 Å². The third-order valence-electron chi connectivity index (χ3n) is 3.02. The van der Waals surface area contributed by atoms with Gasteiger partial charge in [0, 0.05) is 12.2 Å². The lowest BCUT2D eigenvalue weighted by Crippen LogP contribution is -2.34. The van der Waals surface area contributed by atoms with Gasteiger partial charge in [-0.3, -0.25) is 4.79 Å². The zero-order valence-corrected chi connectivity index (χ0v) is 12.0. The summed E-state index contributed by atoms with van der Waals surface area (Å²) in [7, 11) is 0. The number of anilines is 1. The molecule has 0 bridgehead atoms. The number of benzene rings is 1. The average Bonchev–Trinajstić information content (AvgIpc) is 2.44. The Labute approximate surface area is 119 Å². The molecule has 0 saturated heterocycles. The fourth-order valence-electron chi connectivity index (χ4n) is 1.64. The van der Waals surface area contributed by atoms with Crippen molar-refractivity contribution in [2.24, 2.45) is 5.92 Å². The van der Waals surface area contributed by atoms with Gasteiger partial charge in [0.2, 0.25) is 0 Å². The van der Waals surface area contributed by atoms with Crippen molar-refractivity contribution in [2.75, 3.05) is 11.9 Å². The minimum absolute atomic E-state index is 0.107. The maximum absolute atomic E-state index is 11.6. The number of nitrogens with one attached hydrogen (secondary N) is 2. The normalized spacial score (nSPS) is 11.7. The van der Waals surface area contributed by atoms with Crippen LogP contribution in [0.3, 0.4) is 0 Å². The van der Waals surface area contributed by atoms with Crippen LogP contribution in [-0.4, -0.2) is 23.7 Å². The summed E-state index contributed by atoms with van der Waals surface area (Å²) in [5.41, 5.74) is 1.95. The third kappa shape index (κ3) is 5.73. The first-order valence-electron chi connectivity index (χ1n) is 6.89. The average molecular weight is 278 g/mol. The number of aliphatic carboxylic acids is 1. The molecule has 0 radical (unpaired) electrons. The van der Waals surface area contributed by atoms with E-state index in [1.54, 1.807) is 6.92 Å². The molecule has 0 aliphatic carbocycles. The Morgan fingerprint density at radius 2 is 1.90 bits per heavy atom. The Balaban J connectivity index is 2.40. The second-order valence-corrected chi connectivity index (χ2v) is 4.87. The highest BCUT2D eigenvalue weighted by Gasteiger charge is 2.11. The summed E-state index contributed by atoms with van der Waals surface area (Å²) in [6.07, 6.45) is 3.35. The van der Waals surface area contributed by atoms with Crippen LogP contribution in [0.2, 0.25) is 0 Å². The molecule has 0 saturated carbocycles. The van der Waals surface area contributed by atoms with Crippen LogP contribution in [0, 0.1) is 5.92 Å². The van der Waals surface area contributed by atoms with E-state index in [-0.39, 0.29) is 12.6 Å². The number of carboxylic acid groups (broad SMARTS) is 1. The number of rotatable bonds is 7. The Morgan fingerprint density at radius 3 is 2.45 bits per heavy atom. The van der Waals surface area contributed by atoms with Crippen molar-refractivity contribution in [3.05, 3.63) is 29.8 Å². The minimum Gasteiger partial charge on any atom is -0.481 e. The molecule has 5 heteroatoms. The van der Waals surface area contributed by atoms with Crippen LogP contribution in [0.25, 0.3) is 0 Å². The van der Waals surface area contributed by atoms with Gasteiger partial charge in [-0.1, -0.05) is 32.4 Å². The Hall–Kier alpha value is -2.04. The number of carbonyl (C=O) groups excluding carboxylic acids is 1. The zero-order valence-electron chi connectivity index (χ0n) is 12.0. The van der Waals surface area contributed by atoms with Crippen LogP contribution in [0.4, 0.5) is 10.5 Å². The van der Waals surface area contributed by atoms with Crippen molar-refractivity contribution in [3.8, 4) is 0 Å². The van der Waals surface area contributed by atoms with Crippen molar-refractivity contribution in [2.45, 2.75) is 33.1 Å². The first kappa shape index (κ1) is 16.0. The fourth-order valence-corrected chi connectivity index (χ4v) is 1.64. The topological polar surface area (TPSA) is 78.4 Å². The van der Waals surface area contributed by atoms with Gasteiger partial charge < -0.3 is 15.7 Å². The molecule has 1 aromatic carbocycles. The van der Waals surface area contributed by atoms with Gasteiger partial charge in [-0.25, -0.2) is 4.79 Å². The van der Waals surface area contributed by atoms with Crippen molar-refractivity contribution >= 4 is 17.7 Å². The zero-order chi connectivity index (χ0) is 15.0. The SMILES string of the molecule is CCCCc1ccc(NC(=O)NCC(C)C(=O)O)cc1. The third-order valence-corrected chi connectivity index (χ3v) is 3.02. The number of aryl methyl sites for hydroxylation is 1. The monoisotopic (exact) mass is 278 g/mol. The molecule has 0 aliphatic heterocycles. The van der Waals surface area contributed by atoms with Gasteiger partial charge in [-0.2, -0.15) is 0 Å². The number of carbonyl (C=O) groups is 2. The van der Waals surface area contributed by atoms with E-state index >= 15 is 0 Å². The first-order valence-corrected chi connectivity index (χ1v) is 6.89. The van der Waals surface area contributed by atoms with Gasteiger partial charge >= 0.3 is 12.0 Å². The Kier molecular flexibility index (Phi) is 6.56. The van der Waals surface area contributed by atoms with Crippen molar-refractivity contribution in [1.82, 2.24) is 5.32 Å². The van der Waals surface area contributed by atoms with E-state index in [1.807, 2.05) is 24.3 Å². The standard InChI is InChI=1S/C15H22N2O3/c1-3-4-5-12-6-8-13(9-7-12)17-15(20)16-10-11(2)14(18)19/h6-9,11H,3-5,10H2,1-2H3,(H,18,19)(H2,16,17,20). The van der Waals surface area contributed by atoms with Gasteiger partial charge in [0.25, 0.3) is 0 Å². The number of amides is 2. The molecule has 1 unspecified atom stereocenters. The molecule has 0 fully saturated rings. The van der Waals surface area contributed by atoms with Gasteiger partial charge in [0.15, 0.2) is 0 Å². The summed E-state index contributed by atoms with van der Waals surface area (Å²) < 4.78 is 0. The smallest absolute Gasteiger partial charge is 0.319 e. The van der Waals surface area contributed by atoms with E-state index in [1.165, 1.54) is 5.56 Å². The second kappa shape index (κ2) is 8.19. The molecule has 3 N–H and O–H groups in total. The Morgan fingerprint density at radius 1 is 1.25 bits per heavy atom. The number of unbranched alkanes of at least 4 members (excludes halogenated alkanes) is 1. The Bertz CT molecular complexity index is 443. The highest BCUT2D eigenvalue weighted by atomic mass is 16.4. The predicted molar refractivity (Wildman–Crippen MR) is 78.9 cm³/mol. The lowest BCUT2D eigenvalue weighted by Gasteiger charge is -2.10. The van der Waals surface area contributed by atoms with Crippen molar-refractivity contribution in [1.29, 1.82) is 0 Å². The largest absolute Gasteiger partial charge is 0.481 e. The molecule has 2 amide bonds. The molecule has 1 aromatic rings. The molecule has 0 aliphatic rings. The van der Waals surface area contributed by atoms with Crippen molar-refractivity contribution in [3.63, 3.8) is 0 Å². The molecule has 0 spiro atoms. The van der Waals surface area contributed by atoms with Gasteiger partial charge in [-0.15, -0.1) is 0 Å². The van der Waals surface area contributed by atoms with Gasteiger partial charge in [0.1, 0.15) is 0 Å². The summed E-state index contributed by atoms with van der Waals surface area (Å²) in [6.45, 7) is 3.80. The van der Waals surface area contributed by atoms with Crippen LogP contribution in [0.1, 0.15) is 32.3 Å². The molecule has 1 atom stereocenters. The quantitative estimate of drug-likeness (QED) is 0.717. The van der Waals surface area contributed by atoms with E-state index < -0.39 is 11.9 Å². The van der Waals surface area contributed by atoms with E-state index in [9.17, 15) is 9.59 Å². The molecule has 5 nitrogen and oxygen atoms in total. The van der Waals surface area contributed by atoms with E-state index in [0.29, 0.717) is 5.69 Å². The molecular formula is C15H22N2O3. The number of carboxylic acids is 1. The van der Waals surface area contributed by atoms with E-state index in [2.05, 4.69) is 17.6 Å². The molecule has 0 heterocycles. The maximum Gasteiger partial charge on any atom is 0.319 e. The predicted octanol–water partition coefficient (Wildman–Crippen LogP) is 2.87. The summed E-state index contributed by atoms with van der Waals surface area (Å²) in [5, 5.41) is 13.9. The van der Waals surface area contributed by atoms with E-state index in [0.717, 1.165) is 19.3 Å². The lowest BCUT2D eigenvalue weighted by molar-refractivity contribution is -0.140. The van der Waals surface area contributed by atoms with Crippen LogP contribution < -0.4 is 10.6 Å². The highest BCUT2D eigenvalue weighted by Crippen LogP contribution is 2.11. The lowest BCUT2D eigenvalue weighted by atomic mass is 10.1. The summed E-state index contributed by atoms with van der Waals surface area (Å²) in [5.74, 6) is -1.53. The maximum atomic E-state index is 11.6. The molecule has 1 rings (SSSR count). The highest BCUT2D eigenvalue weighted by molar-refractivity contribution is 5.89. The van der Waals surface area contributed by atoms with Gasteiger partial charge in [0.05, 0.1) is 5.92 Å². The second-order valence-electron chi connectivity index (χ2n) is 4.87. The van der Waals surface area contributed by atoms with Crippen LogP contribution in [0.15, 0.2) is 24.3 Å². The van der Waals surface area contributed by atoms with Crippen LogP contribution in [0.5, 0.6) is 0 Å². The molecule has 0 aromatic heterocycles. The molecule has 110 valence electrons. The molecular weight excluding hydrogens is 256 g/mol. The first-order chi connectivity index (χ1) is 9.52. The number of urea groups is 1. The summed E-state index contributed by atoms with van der Waals surface area (Å²) in [6, 6.07) is 7.30. The number of hydrogen-bond acceptors (Lipinski definition) is 2. The van der Waals surface area contributed by atoms with E-state index in [4.69, 9.17) is 5.11 Å². The fraction of sp³-hybridized carbons (Fsp3) is 0.467. The van der Waals surface area contributed by atoms with Crippen LogP contribution in [-0.2, 0) is 11.2 Å². The minimum atomic E-state index is -0.925. The molecule has 20 heavy (non-hydrogen) atoms. The summed E-state index contributed by atoms with van der Waals surface area (Å²) >= 11 is 0. The van der Waals surface area contributed by atoms with Gasteiger partial charge in [-0.05, 0) is 30.5 Å². The number of hydrogen-bond donors (Lipinski definition) is 3. The van der Waals surface area contributed by atoms with Crippen LogP contribution >= 0.6 is 0 Å². The summed E-state index contributed by atoms with van der Waals surface area (Å²) in [4.78, 5) is 22.2.